The maximum atomic E-state index is 13.7. The molecule has 0 amide bonds. The number of aromatic amines is 1. The lowest BCUT2D eigenvalue weighted by Crippen LogP contribution is -2.42. The second-order valence-corrected chi connectivity index (χ2v) is 10.9. The van der Waals surface area contributed by atoms with Crippen LogP contribution in [-0.2, 0) is 16.6 Å². The van der Waals surface area contributed by atoms with E-state index in [1.54, 1.807) is 12.1 Å². The molecule has 1 aromatic heterocycles. The first-order chi connectivity index (χ1) is 15.7. The number of hydrogen-bond donors (Lipinski definition) is 1. The summed E-state index contributed by atoms with van der Waals surface area (Å²) in [6, 6.07) is 11.7. The molecule has 0 atom stereocenters. The second-order valence-electron chi connectivity index (χ2n) is 9.02. The number of carbonyl (C=O) groups is 1. The summed E-state index contributed by atoms with van der Waals surface area (Å²) in [5.74, 6) is -0.115. The number of ketones is 1. The first-order valence-electron chi connectivity index (χ1n) is 11.4. The van der Waals surface area contributed by atoms with E-state index in [0.717, 1.165) is 54.1 Å². The van der Waals surface area contributed by atoms with Crippen LogP contribution in [0.3, 0.4) is 0 Å². The summed E-state index contributed by atoms with van der Waals surface area (Å²) in [6.07, 6.45) is 4.56. The highest BCUT2D eigenvalue weighted by molar-refractivity contribution is 7.89. The average molecular weight is 467 g/mol. The van der Waals surface area contributed by atoms with E-state index in [-0.39, 0.29) is 28.8 Å². The number of H-pyrrole nitrogens is 1. The summed E-state index contributed by atoms with van der Waals surface area (Å²) in [7, 11) is -3.86. The van der Waals surface area contributed by atoms with Gasteiger partial charge in [0, 0.05) is 23.7 Å². The Morgan fingerprint density at radius 2 is 1.70 bits per heavy atom. The molecule has 1 aliphatic carbocycles. The monoisotopic (exact) mass is 466 g/mol. The van der Waals surface area contributed by atoms with E-state index in [0.29, 0.717) is 11.1 Å². The van der Waals surface area contributed by atoms with Crippen molar-refractivity contribution in [2.75, 3.05) is 0 Å². The highest BCUT2D eigenvalue weighted by Crippen LogP contribution is 2.30. The minimum absolute atomic E-state index is 0.0135. The van der Waals surface area contributed by atoms with Crippen molar-refractivity contribution in [3.05, 3.63) is 75.1 Å². The Morgan fingerprint density at radius 3 is 2.33 bits per heavy atom. The first-order valence-corrected chi connectivity index (χ1v) is 12.9. The van der Waals surface area contributed by atoms with E-state index in [1.165, 1.54) is 23.4 Å². The molecule has 0 bridgehead atoms. The summed E-state index contributed by atoms with van der Waals surface area (Å²) in [5, 5.41) is 0.888. The molecule has 0 radical (unpaired) electrons. The van der Waals surface area contributed by atoms with Gasteiger partial charge < -0.3 is 4.98 Å². The van der Waals surface area contributed by atoms with Crippen molar-refractivity contribution in [2.45, 2.75) is 70.4 Å². The Labute approximate surface area is 194 Å². The molecule has 6 nitrogen and oxygen atoms in total. The Balaban J connectivity index is 1.76. The summed E-state index contributed by atoms with van der Waals surface area (Å²) < 4.78 is 28.9. The fraction of sp³-hybridized carbons (Fsp3) is 0.385. The zero-order valence-electron chi connectivity index (χ0n) is 19.3. The number of fused-ring (bicyclic) bond motifs is 1. The van der Waals surface area contributed by atoms with E-state index >= 15 is 0 Å². The third-order valence-electron chi connectivity index (χ3n) is 6.80. The van der Waals surface area contributed by atoms with Crippen LogP contribution < -0.4 is 5.56 Å². The van der Waals surface area contributed by atoms with Crippen molar-refractivity contribution in [1.82, 2.24) is 9.29 Å². The van der Waals surface area contributed by atoms with Gasteiger partial charge in [0.25, 0.3) is 5.56 Å². The predicted octanol–water partition coefficient (Wildman–Crippen LogP) is 4.87. The molecule has 0 unspecified atom stereocenters. The summed E-state index contributed by atoms with van der Waals surface area (Å²) in [4.78, 5) is 27.7. The van der Waals surface area contributed by atoms with Crippen LogP contribution in [0.15, 0.2) is 52.2 Å². The van der Waals surface area contributed by atoms with Crippen LogP contribution in [0.2, 0.25) is 0 Å². The summed E-state index contributed by atoms with van der Waals surface area (Å²) in [5.41, 5.74) is 3.52. The van der Waals surface area contributed by atoms with Crippen molar-refractivity contribution in [3.63, 3.8) is 0 Å². The third-order valence-corrected chi connectivity index (χ3v) is 8.72. The Bertz CT molecular complexity index is 1350. The molecule has 2 aromatic carbocycles. The average Bonchev–Trinajstić information content (AvgIpc) is 2.81. The number of Topliss-reactive ketones (excluding diaryl/α,β-unsaturated/α-hetero) is 1. The molecule has 3 aromatic rings. The smallest absolute Gasteiger partial charge is 0.252 e. The van der Waals surface area contributed by atoms with Crippen LogP contribution in [-0.4, -0.2) is 29.5 Å². The number of nitrogens with zero attached hydrogens (tertiary/aromatic N) is 1. The minimum Gasteiger partial charge on any atom is -0.321 e. The molecule has 1 fully saturated rings. The molecule has 7 heteroatoms. The Hall–Kier alpha value is -2.77. The molecule has 33 heavy (non-hydrogen) atoms. The lowest BCUT2D eigenvalue weighted by atomic mass is 9.95. The number of sulfonamides is 1. The molecule has 0 saturated heterocycles. The fourth-order valence-corrected chi connectivity index (χ4v) is 6.29. The molecule has 4 rings (SSSR count). The van der Waals surface area contributed by atoms with Crippen molar-refractivity contribution in [2.24, 2.45) is 0 Å². The summed E-state index contributed by atoms with van der Waals surface area (Å²) >= 11 is 0. The Kier molecular flexibility index (Phi) is 6.54. The largest absolute Gasteiger partial charge is 0.321 e. The van der Waals surface area contributed by atoms with Gasteiger partial charge in [-0.05, 0) is 68.3 Å². The number of aryl methyl sites for hydroxylation is 2. The van der Waals surface area contributed by atoms with E-state index in [9.17, 15) is 18.0 Å². The number of hydrogen-bond acceptors (Lipinski definition) is 4. The maximum absolute atomic E-state index is 13.7. The molecule has 1 aliphatic rings. The molecular weight excluding hydrogens is 436 g/mol. The van der Waals surface area contributed by atoms with Crippen LogP contribution in [0.25, 0.3) is 10.9 Å². The van der Waals surface area contributed by atoms with Gasteiger partial charge in [0.2, 0.25) is 10.0 Å². The fourth-order valence-electron chi connectivity index (χ4n) is 4.63. The van der Waals surface area contributed by atoms with Gasteiger partial charge in [0.15, 0.2) is 5.78 Å². The van der Waals surface area contributed by atoms with Gasteiger partial charge in [-0.25, -0.2) is 8.42 Å². The lowest BCUT2D eigenvalue weighted by molar-refractivity contribution is 0.101. The normalized spacial score (nSPS) is 15.3. The van der Waals surface area contributed by atoms with E-state index in [4.69, 9.17) is 0 Å². The van der Waals surface area contributed by atoms with Gasteiger partial charge in [-0.3, -0.25) is 9.59 Å². The van der Waals surface area contributed by atoms with E-state index in [1.807, 2.05) is 32.0 Å². The summed E-state index contributed by atoms with van der Waals surface area (Å²) in [6.45, 7) is 5.43. The first kappa shape index (κ1) is 23.4. The number of nitrogens with one attached hydrogen (secondary N) is 1. The highest BCUT2D eigenvalue weighted by Gasteiger charge is 2.33. The van der Waals surface area contributed by atoms with Crippen LogP contribution in [0.1, 0.15) is 66.1 Å². The third kappa shape index (κ3) is 4.66. The number of benzene rings is 2. The van der Waals surface area contributed by atoms with Crippen LogP contribution >= 0.6 is 0 Å². The predicted molar refractivity (Wildman–Crippen MR) is 130 cm³/mol. The quantitative estimate of drug-likeness (QED) is 0.525. The molecule has 1 heterocycles. The SMILES string of the molecule is CC(=O)c1ccc(S(=O)(=O)N(Cc2cc3ccc(C)c(C)c3[nH]c2=O)C2CCCCC2)cc1. The van der Waals surface area contributed by atoms with Crippen molar-refractivity contribution < 1.29 is 13.2 Å². The molecule has 0 spiro atoms. The van der Waals surface area contributed by atoms with Crippen molar-refractivity contribution in [1.29, 1.82) is 0 Å². The van der Waals surface area contributed by atoms with E-state index in [2.05, 4.69) is 4.98 Å². The minimum atomic E-state index is -3.86. The molecule has 174 valence electrons. The molecular formula is C26H30N2O4S. The van der Waals surface area contributed by atoms with Gasteiger partial charge in [-0.1, -0.05) is 43.5 Å². The zero-order valence-corrected chi connectivity index (χ0v) is 20.2. The zero-order chi connectivity index (χ0) is 23.8. The Morgan fingerprint density at radius 1 is 1.03 bits per heavy atom. The van der Waals surface area contributed by atoms with Gasteiger partial charge in [-0.2, -0.15) is 4.31 Å². The second kappa shape index (κ2) is 9.23. The van der Waals surface area contributed by atoms with Crippen LogP contribution in [0.5, 0.6) is 0 Å². The topological polar surface area (TPSA) is 87.3 Å². The molecule has 0 aliphatic heterocycles. The van der Waals surface area contributed by atoms with Crippen molar-refractivity contribution in [3.8, 4) is 0 Å². The highest BCUT2D eigenvalue weighted by atomic mass is 32.2. The number of aromatic nitrogens is 1. The standard InChI is InChI=1S/C26H30N2O4S/c1-17-9-10-21-15-22(26(30)27-25(21)18(17)2)16-28(23-7-5-4-6-8-23)33(31,32)24-13-11-20(12-14-24)19(3)29/h9-15,23H,4-8,16H2,1-3H3,(H,27,30). The van der Waals surface area contributed by atoms with Gasteiger partial charge in [0.05, 0.1) is 10.4 Å². The van der Waals surface area contributed by atoms with E-state index < -0.39 is 10.0 Å². The van der Waals surface area contributed by atoms with Crippen LogP contribution in [0, 0.1) is 13.8 Å². The van der Waals surface area contributed by atoms with Gasteiger partial charge >= 0.3 is 0 Å². The molecule has 1 saturated carbocycles. The maximum Gasteiger partial charge on any atom is 0.252 e. The number of rotatable bonds is 6. The number of carbonyl (C=O) groups excluding carboxylic acids is 1. The van der Waals surface area contributed by atoms with Crippen molar-refractivity contribution >= 4 is 26.7 Å². The lowest BCUT2D eigenvalue weighted by Gasteiger charge is -2.33. The van der Waals surface area contributed by atoms with Crippen LogP contribution in [0.4, 0.5) is 0 Å². The van der Waals surface area contributed by atoms with Gasteiger partial charge in [-0.15, -0.1) is 0 Å². The van der Waals surface area contributed by atoms with Gasteiger partial charge in [0.1, 0.15) is 0 Å². The number of pyridine rings is 1. The molecule has 1 N–H and O–H groups in total.